The molecule has 1 atom stereocenters. The number of aliphatic hydroxyl groups is 1. The van der Waals surface area contributed by atoms with Crippen LogP contribution in [0.15, 0.2) is 64.8 Å². The lowest BCUT2D eigenvalue weighted by molar-refractivity contribution is -0.132. The monoisotopic (exact) mass is 453 g/mol. The molecule has 1 aliphatic heterocycles. The highest BCUT2D eigenvalue weighted by Gasteiger charge is 2.49. The largest absolute Gasteiger partial charge is 0.507 e. The smallest absolute Gasteiger partial charge is 0.300 e. The van der Waals surface area contributed by atoms with Crippen LogP contribution in [0.1, 0.15) is 22.9 Å². The zero-order valence-electron chi connectivity index (χ0n) is 17.6. The van der Waals surface area contributed by atoms with E-state index in [1.54, 1.807) is 49.4 Å². The van der Waals surface area contributed by atoms with Gasteiger partial charge in [0.05, 0.1) is 31.6 Å². The highest BCUT2D eigenvalue weighted by molar-refractivity contribution is 6.52. The van der Waals surface area contributed by atoms with E-state index in [0.717, 1.165) is 0 Å². The van der Waals surface area contributed by atoms with Gasteiger partial charge in [0.15, 0.2) is 0 Å². The highest BCUT2D eigenvalue weighted by Crippen LogP contribution is 2.45. The van der Waals surface area contributed by atoms with Crippen molar-refractivity contribution >= 4 is 34.7 Å². The maximum absolute atomic E-state index is 13.2. The molecule has 1 amide bonds. The number of amides is 1. The second-order valence-electron chi connectivity index (χ2n) is 7.13. The number of anilines is 1. The van der Waals surface area contributed by atoms with Crippen LogP contribution in [0.25, 0.3) is 5.76 Å². The van der Waals surface area contributed by atoms with Crippen LogP contribution in [0, 0.1) is 6.92 Å². The highest BCUT2D eigenvalue weighted by atomic mass is 35.5. The summed E-state index contributed by atoms with van der Waals surface area (Å²) in [6, 6.07) is 12.2. The Labute approximate surface area is 189 Å². The number of ether oxygens (including phenoxy) is 2. The fraction of sp³-hybridized carbons (Fsp3) is 0.167. The number of hydrogen-bond donors (Lipinski definition) is 1. The fourth-order valence-electron chi connectivity index (χ4n) is 3.80. The summed E-state index contributed by atoms with van der Waals surface area (Å²) >= 11 is 6.28. The standard InChI is InChI=1S/C24H20ClNO6/c1-13-16(25)6-4-7-17(13)26-21(19-8-5-11-32-19)20(23(28)24(26)29)22(27)15-12-14(30-2)9-10-18(15)31-3/h4-12,21,27H,1-3H3/b22-20-. The van der Waals surface area contributed by atoms with Gasteiger partial charge in [0.25, 0.3) is 11.7 Å². The van der Waals surface area contributed by atoms with Crippen LogP contribution < -0.4 is 14.4 Å². The Hall–Kier alpha value is -3.71. The number of benzene rings is 2. The van der Waals surface area contributed by atoms with Crippen LogP contribution in [0.5, 0.6) is 11.5 Å². The predicted molar refractivity (Wildman–Crippen MR) is 119 cm³/mol. The summed E-state index contributed by atoms with van der Waals surface area (Å²) < 4.78 is 16.2. The summed E-state index contributed by atoms with van der Waals surface area (Å²) in [6.07, 6.45) is 1.44. The summed E-state index contributed by atoms with van der Waals surface area (Å²) in [7, 11) is 2.92. The van der Waals surface area contributed by atoms with Crippen LogP contribution in [0.3, 0.4) is 0 Å². The zero-order valence-corrected chi connectivity index (χ0v) is 18.3. The molecule has 2 aromatic carbocycles. The Balaban J connectivity index is 1.99. The van der Waals surface area contributed by atoms with Crippen molar-refractivity contribution < 1.29 is 28.6 Å². The van der Waals surface area contributed by atoms with Crippen LogP contribution >= 0.6 is 11.6 Å². The van der Waals surface area contributed by atoms with Gasteiger partial charge in [-0.3, -0.25) is 14.5 Å². The van der Waals surface area contributed by atoms with Gasteiger partial charge in [0.2, 0.25) is 0 Å². The Morgan fingerprint density at radius 3 is 2.53 bits per heavy atom. The third-order valence-corrected chi connectivity index (χ3v) is 5.83. The number of furan rings is 1. The van der Waals surface area contributed by atoms with E-state index in [2.05, 4.69) is 0 Å². The molecule has 0 saturated carbocycles. The first-order valence-corrected chi connectivity index (χ1v) is 10.1. The molecule has 1 aliphatic rings. The minimum atomic E-state index is -1.00. The number of carbonyl (C=O) groups excluding carboxylic acids is 2. The van der Waals surface area contributed by atoms with E-state index in [9.17, 15) is 14.7 Å². The van der Waals surface area contributed by atoms with Gasteiger partial charge in [-0.25, -0.2) is 0 Å². The van der Waals surface area contributed by atoms with Crippen molar-refractivity contribution in [3.63, 3.8) is 0 Å². The van der Waals surface area contributed by atoms with Crippen molar-refractivity contribution in [2.45, 2.75) is 13.0 Å². The third-order valence-electron chi connectivity index (χ3n) is 5.42. The van der Waals surface area contributed by atoms with Crippen LogP contribution in [0.2, 0.25) is 5.02 Å². The summed E-state index contributed by atoms with van der Waals surface area (Å²) in [5, 5.41) is 11.7. The number of aliphatic hydroxyl groups excluding tert-OH is 1. The van der Waals surface area contributed by atoms with E-state index in [1.807, 2.05) is 0 Å². The maximum Gasteiger partial charge on any atom is 0.300 e. The van der Waals surface area contributed by atoms with Crippen molar-refractivity contribution in [3.8, 4) is 11.5 Å². The summed E-state index contributed by atoms with van der Waals surface area (Å²) in [4.78, 5) is 27.7. The first kappa shape index (κ1) is 21.5. The molecule has 0 radical (unpaired) electrons. The number of rotatable bonds is 5. The number of hydrogen-bond acceptors (Lipinski definition) is 6. The Bertz CT molecular complexity index is 1230. The SMILES string of the molecule is COc1ccc(OC)c(/C(O)=C2/C(=O)C(=O)N(c3cccc(Cl)c3C)C2c2ccco2)c1. The van der Waals surface area contributed by atoms with Gasteiger partial charge >= 0.3 is 0 Å². The molecular weight excluding hydrogens is 434 g/mol. The van der Waals surface area contributed by atoms with Crippen LogP contribution in [-0.4, -0.2) is 31.0 Å². The van der Waals surface area contributed by atoms with E-state index < -0.39 is 23.5 Å². The number of nitrogens with zero attached hydrogens (tertiary/aromatic N) is 1. The second-order valence-corrected chi connectivity index (χ2v) is 7.54. The molecule has 7 nitrogen and oxygen atoms in total. The van der Waals surface area contributed by atoms with Crippen molar-refractivity contribution in [2.75, 3.05) is 19.1 Å². The quantitative estimate of drug-likeness (QED) is 0.336. The number of carbonyl (C=O) groups is 2. The van der Waals surface area contributed by atoms with Crippen LogP contribution in [0.4, 0.5) is 5.69 Å². The van der Waals surface area contributed by atoms with Crippen molar-refractivity contribution in [1.29, 1.82) is 0 Å². The van der Waals surface area contributed by atoms with Gasteiger partial charge in [0, 0.05) is 10.7 Å². The normalized spacial score (nSPS) is 17.6. The number of halogens is 1. The molecule has 3 aromatic rings. The van der Waals surface area contributed by atoms with Crippen molar-refractivity contribution in [3.05, 3.63) is 82.3 Å². The molecule has 1 aromatic heterocycles. The van der Waals surface area contributed by atoms with Gasteiger partial charge in [-0.2, -0.15) is 0 Å². The van der Waals surface area contributed by atoms with Crippen molar-refractivity contribution in [2.24, 2.45) is 0 Å². The van der Waals surface area contributed by atoms with Gasteiger partial charge < -0.3 is 19.0 Å². The molecule has 4 rings (SSSR count). The number of Topliss-reactive ketones (excluding diaryl/α,β-unsaturated/α-hetero) is 1. The van der Waals surface area contributed by atoms with E-state index in [-0.39, 0.29) is 11.1 Å². The number of methoxy groups -OCH3 is 2. The minimum absolute atomic E-state index is 0.129. The lowest BCUT2D eigenvalue weighted by Gasteiger charge is -2.25. The van der Waals surface area contributed by atoms with E-state index in [0.29, 0.717) is 33.5 Å². The van der Waals surface area contributed by atoms with Gasteiger partial charge in [-0.1, -0.05) is 17.7 Å². The van der Waals surface area contributed by atoms with Gasteiger partial charge in [-0.15, -0.1) is 0 Å². The zero-order chi connectivity index (χ0) is 23.0. The number of ketones is 1. The average molecular weight is 454 g/mol. The molecule has 0 spiro atoms. The Kier molecular flexibility index (Phi) is 5.67. The molecule has 2 heterocycles. The average Bonchev–Trinajstić information content (AvgIpc) is 3.42. The Morgan fingerprint density at radius 1 is 1.09 bits per heavy atom. The second kappa shape index (κ2) is 8.43. The molecule has 1 fully saturated rings. The van der Waals surface area contributed by atoms with E-state index in [1.165, 1.54) is 31.4 Å². The molecule has 0 bridgehead atoms. The Morgan fingerprint density at radius 2 is 1.88 bits per heavy atom. The summed E-state index contributed by atoms with van der Waals surface area (Å²) in [5.41, 5.74) is 1.14. The van der Waals surface area contributed by atoms with Crippen molar-refractivity contribution in [1.82, 2.24) is 0 Å². The topological polar surface area (TPSA) is 89.2 Å². The molecule has 1 N–H and O–H groups in total. The predicted octanol–water partition coefficient (Wildman–Crippen LogP) is 4.88. The lowest BCUT2D eigenvalue weighted by atomic mass is 9.98. The summed E-state index contributed by atoms with van der Waals surface area (Å²) in [6.45, 7) is 1.75. The molecule has 8 heteroatoms. The lowest BCUT2D eigenvalue weighted by Crippen LogP contribution is -2.30. The molecular formula is C24H20ClNO6. The van der Waals surface area contributed by atoms with Gasteiger partial charge in [-0.05, 0) is 55.0 Å². The first-order valence-electron chi connectivity index (χ1n) is 9.71. The van der Waals surface area contributed by atoms with E-state index >= 15 is 0 Å². The third kappa shape index (κ3) is 3.40. The summed E-state index contributed by atoms with van der Waals surface area (Å²) in [5.74, 6) is -0.989. The van der Waals surface area contributed by atoms with E-state index in [4.69, 9.17) is 25.5 Å². The molecule has 0 aliphatic carbocycles. The fourth-order valence-corrected chi connectivity index (χ4v) is 3.97. The first-order chi connectivity index (χ1) is 15.4. The van der Waals surface area contributed by atoms with Crippen LogP contribution in [-0.2, 0) is 9.59 Å². The molecule has 32 heavy (non-hydrogen) atoms. The molecule has 1 saturated heterocycles. The minimum Gasteiger partial charge on any atom is -0.507 e. The maximum atomic E-state index is 13.2. The molecule has 164 valence electrons. The van der Waals surface area contributed by atoms with Gasteiger partial charge in [0.1, 0.15) is 29.1 Å². The molecule has 1 unspecified atom stereocenters.